The van der Waals surface area contributed by atoms with E-state index >= 15 is 0 Å². The number of nitrogens with one attached hydrogen (secondary N) is 1. The number of anilines is 1. The summed E-state index contributed by atoms with van der Waals surface area (Å²) in [6.45, 7) is 0. The number of hydrogen-bond donors (Lipinski definition) is 1. The molecule has 80 valence electrons. The van der Waals surface area contributed by atoms with Gasteiger partial charge in [-0.3, -0.25) is 0 Å². The lowest BCUT2D eigenvalue weighted by Gasteiger charge is -2.06. The van der Waals surface area contributed by atoms with Gasteiger partial charge in [-0.1, -0.05) is 0 Å². The number of hydrogen-bond acceptors (Lipinski definition) is 3. The Kier molecular flexibility index (Phi) is 4.71. The molecule has 0 heterocycles. The highest BCUT2D eigenvalue weighted by Gasteiger charge is 2.05. The van der Waals surface area contributed by atoms with Gasteiger partial charge in [-0.15, -0.1) is 0 Å². The van der Waals surface area contributed by atoms with Gasteiger partial charge in [-0.05, 0) is 50.7 Å². The molecule has 16 heavy (non-hydrogen) atoms. The molecule has 1 aromatic carbocycles. The van der Waals surface area contributed by atoms with Crippen LogP contribution in [0.1, 0.15) is 0 Å². The predicted molar refractivity (Wildman–Crippen MR) is 69.7 cm³/mol. The van der Waals surface area contributed by atoms with Crippen LogP contribution in [0.4, 0.5) is 10.1 Å². The van der Waals surface area contributed by atoms with Crippen molar-refractivity contribution in [2.24, 2.45) is 0 Å². The third kappa shape index (κ3) is 3.19. The molecular weight excluding hydrogens is 388 g/mol. The molecule has 0 fully saturated rings. The first-order chi connectivity index (χ1) is 7.58. The van der Waals surface area contributed by atoms with Gasteiger partial charge in [0.25, 0.3) is 0 Å². The summed E-state index contributed by atoms with van der Waals surface area (Å²) in [7, 11) is 0. The van der Waals surface area contributed by atoms with Crippen molar-refractivity contribution < 1.29 is 4.39 Å². The fourth-order valence-electron chi connectivity index (χ4n) is 0.900. The molecule has 0 unspecified atom stereocenters. The van der Waals surface area contributed by atoms with Crippen molar-refractivity contribution in [2.45, 2.75) is 0 Å². The van der Waals surface area contributed by atoms with Crippen LogP contribution in [0.2, 0.25) is 0 Å². The lowest BCUT2D eigenvalue weighted by molar-refractivity contribution is 0.627. The minimum atomic E-state index is -0.404. The molecule has 6 heteroatoms. The van der Waals surface area contributed by atoms with E-state index in [1.54, 1.807) is 12.1 Å². The zero-order valence-corrected chi connectivity index (χ0v) is 11.5. The first-order valence-electron chi connectivity index (χ1n) is 4.00. The fourth-order valence-corrected chi connectivity index (χ4v) is 1.80. The SMILES string of the molecule is N#CC(C#N)=CNc1cc(F)cc(Br)c1I. The molecule has 0 aliphatic rings. The third-order valence-corrected chi connectivity index (χ3v) is 4.13. The molecule has 0 atom stereocenters. The van der Waals surface area contributed by atoms with Gasteiger partial charge in [0.15, 0.2) is 0 Å². The Morgan fingerprint density at radius 1 is 1.44 bits per heavy atom. The highest BCUT2D eigenvalue weighted by molar-refractivity contribution is 14.1. The van der Waals surface area contributed by atoms with Crippen molar-refractivity contribution in [1.82, 2.24) is 0 Å². The highest BCUT2D eigenvalue weighted by Crippen LogP contribution is 2.28. The van der Waals surface area contributed by atoms with Crippen LogP contribution in [0.25, 0.3) is 0 Å². The van der Waals surface area contributed by atoms with E-state index in [9.17, 15) is 4.39 Å². The van der Waals surface area contributed by atoms with Crippen molar-refractivity contribution in [2.75, 3.05) is 5.32 Å². The molecule has 0 amide bonds. The second kappa shape index (κ2) is 5.83. The average molecular weight is 392 g/mol. The zero-order chi connectivity index (χ0) is 12.1. The van der Waals surface area contributed by atoms with E-state index < -0.39 is 5.82 Å². The Balaban J connectivity index is 3.05. The number of nitrogens with zero attached hydrogens (tertiary/aromatic N) is 2. The average Bonchev–Trinajstić information content (AvgIpc) is 2.26. The first-order valence-corrected chi connectivity index (χ1v) is 5.87. The van der Waals surface area contributed by atoms with Crippen LogP contribution in [-0.4, -0.2) is 0 Å². The van der Waals surface area contributed by atoms with Gasteiger partial charge in [0, 0.05) is 10.7 Å². The molecule has 0 radical (unpaired) electrons. The van der Waals surface area contributed by atoms with E-state index in [0.29, 0.717) is 10.2 Å². The second-order valence-corrected chi connectivity index (χ2v) is 4.61. The van der Waals surface area contributed by atoms with Crippen LogP contribution in [0.15, 0.2) is 28.4 Å². The Bertz CT molecular complexity index is 512. The van der Waals surface area contributed by atoms with E-state index in [2.05, 4.69) is 21.2 Å². The van der Waals surface area contributed by atoms with E-state index in [1.165, 1.54) is 18.3 Å². The van der Waals surface area contributed by atoms with E-state index in [1.807, 2.05) is 22.6 Å². The topological polar surface area (TPSA) is 59.6 Å². The number of nitriles is 2. The lowest BCUT2D eigenvalue weighted by Crippen LogP contribution is -1.94. The standard InChI is InChI=1S/C10H4BrFIN3/c11-8-1-7(12)2-9(10(8)13)16-5-6(3-14)4-15/h1-2,5,16H. The summed E-state index contributed by atoms with van der Waals surface area (Å²) in [5.41, 5.74) is 0.423. The third-order valence-electron chi connectivity index (χ3n) is 1.61. The molecule has 0 saturated carbocycles. The largest absolute Gasteiger partial charge is 0.359 e. The predicted octanol–water partition coefficient (Wildman–Crippen LogP) is 3.54. The van der Waals surface area contributed by atoms with Gasteiger partial charge in [0.1, 0.15) is 23.5 Å². The molecule has 0 aliphatic carbocycles. The van der Waals surface area contributed by atoms with Gasteiger partial charge < -0.3 is 5.32 Å². The van der Waals surface area contributed by atoms with Crippen LogP contribution in [0.5, 0.6) is 0 Å². The van der Waals surface area contributed by atoms with E-state index in [4.69, 9.17) is 10.5 Å². The van der Waals surface area contributed by atoms with Gasteiger partial charge in [-0.25, -0.2) is 4.39 Å². The molecule has 1 rings (SSSR count). The molecule has 1 N–H and O–H groups in total. The van der Waals surface area contributed by atoms with Crippen molar-refractivity contribution in [3.63, 3.8) is 0 Å². The second-order valence-electron chi connectivity index (χ2n) is 2.68. The zero-order valence-electron chi connectivity index (χ0n) is 7.76. The maximum absolute atomic E-state index is 13.1. The van der Waals surface area contributed by atoms with Crippen LogP contribution >= 0.6 is 38.5 Å². The number of allylic oxidation sites excluding steroid dienone is 1. The molecule has 0 saturated heterocycles. The van der Waals surface area contributed by atoms with Gasteiger partial charge in [0.05, 0.1) is 9.26 Å². The van der Waals surface area contributed by atoms with Gasteiger partial charge in [-0.2, -0.15) is 10.5 Å². The number of benzene rings is 1. The minimum Gasteiger partial charge on any atom is -0.359 e. The smallest absolute Gasteiger partial charge is 0.145 e. The highest BCUT2D eigenvalue weighted by atomic mass is 127. The molecule has 0 aliphatic heterocycles. The van der Waals surface area contributed by atoms with Crippen LogP contribution in [0.3, 0.4) is 0 Å². The maximum Gasteiger partial charge on any atom is 0.145 e. The molecule has 0 aromatic heterocycles. The molecule has 1 aromatic rings. The van der Waals surface area contributed by atoms with E-state index in [-0.39, 0.29) is 5.57 Å². The van der Waals surface area contributed by atoms with E-state index in [0.717, 1.165) is 3.57 Å². The van der Waals surface area contributed by atoms with Gasteiger partial charge in [0.2, 0.25) is 0 Å². The summed E-state index contributed by atoms with van der Waals surface area (Å²) in [6, 6.07) is 6.03. The minimum absolute atomic E-state index is 0.0730. The van der Waals surface area contributed by atoms with Crippen molar-refractivity contribution >= 4 is 44.2 Å². The molecule has 0 spiro atoms. The van der Waals surface area contributed by atoms with Gasteiger partial charge >= 0.3 is 0 Å². The maximum atomic E-state index is 13.1. The van der Waals surface area contributed by atoms with Crippen LogP contribution in [-0.2, 0) is 0 Å². The molecule has 3 nitrogen and oxygen atoms in total. The quantitative estimate of drug-likeness (QED) is 0.476. The summed E-state index contributed by atoms with van der Waals surface area (Å²) < 4.78 is 14.5. The number of rotatable bonds is 2. The van der Waals surface area contributed by atoms with Crippen LogP contribution < -0.4 is 5.32 Å². The number of halogens is 3. The first kappa shape index (κ1) is 12.9. The molecule has 0 bridgehead atoms. The summed E-state index contributed by atoms with van der Waals surface area (Å²) in [5, 5.41) is 19.7. The summed E-state index contributed by atoms with van der Waals surface area (Å²) >= 11 is 5.22. The Hall–Kier alpha value is -1.12. The Labute approximate surface area is 114 Å². The fraction of sp³-hybridized carbons (Fsp3) is 0. The lowest BCUT2D eigenvalue weighted by atomic mass is 10.3. The summed E-state index contributed by atoms with van der Waals surface area (Å²) in [4.78, 5) is 0. The normalized spacial score (nSPS) is 8.81. The Morgan fingerprint density at radius 2 is 2.06 bits per heavy atom. The van der Waals surface area contributed by atoms with Crippen LogP contribution in [0, 0.1) is 32.0 Å². The van der Waals surface area contributed by atoms with Crippen molar-refractivity contribution in [3.05, 3.63) is 37.8 Å². The van der Waals surface area contributed by atoms with Crippen molar-refractivity contribution in [3.8, 4) is 12.1 Å². The van der Waals surface area contributed by atoms with Crippen molar-refractivity contribution in [1.29, 1.82) is 10.5 Å². The molecular formula is C10H4BrFIN3. The summed E-state index contributed by atoms with van der Waals surface area (Å²) in [6.07, 6.45) is 1.24. The summed E-state index contributed by atoms with van der Waals surface area (Å²) in [5.74, 6) is -0.404. The monoisotopic (exact) mass is 391 g/mol. The Morgan fingerprint density at radius 3 is 2.62 bits per heavy atom.